The minimum Gasteiger partial charge on any atom is -0.456 e. The summed E-state index contributed by atoms with van der Waals surface area (Å²) in [5.74, 6) is 0.662. The van der Waals surface area contributed by atoms with Crippen LogP contribution in [0.15, 0.2) is 223 Å². The molecule has 1 spiro atoms. The second-order valence-corrected chi connectivity index (χ2v) is 16.4. The monoisotopic (exact) mass is 788 g/mol. The lowest BCUT2D eigenvalue weighted by molar-refractivity contribution is 0.669. The molecule has 2 aliphatic rings. The molecule has 62 heavy (non-hydrogen) atoms. The summed E-state index contributed by atoms with van der Waals surface area (Å²) >= 11 is 0. The molecule has 0 atom stereocenters. The Morgan fingerprint density at radius 1 is 0.290 bits per heavy atom. The molecule has 11 aromatic rings. The molecule has 2 heterocycles. The van der Waals surface area contributed by atoms with E-state index in [0.717, 1.165) is 55.6 Å². The average molecular weight is 789 g/mol. The van der Waals surface area contributed by atoms with Crippen LogP contribution in [0.5, 0.6) is 0 Å². The molecule has 2 aliphatic carbocycles. The van der Waals surface area contributed by atoms with Crippen molar-refractivity contribution < 1.29 is 4.42 Å². The highest BCUT2D eigenvalue weighted by molar-refractivity contribution is 6.06. The first-order valence-corrected chi connectivity index (χ1v) is 21.2. The number of benzene rings is 9. The van der Waals surface area contributed by atoms with Gasteiger partial charge in [0.05, 0.1) is 16.8 Å². The van der Waals surface area contributed by atoms with Crippen LogP contribution in [0.25, 0.3) is 100 Å². The lowest BCUT2D eigenvalue weighted by Crippen LogP contribution is -2.29. The molecule has 9 aromatic carbocycles. The molecule has 2 aromatic heterocycles. The SMILES string of the molecule is c1ccc(-c2ccc(-c3cc(-c4ccc5c(c4)-c4ccccc4-c4ccccc4C54c5ccccc5-c5ccccc54)nc(-c4ccc5oc6ccccc6c5c4)n3)cc2)cc1. The highest BCUT2D eigenvalue weighted by atomic mass is 16.3. The smallest absolute Gasteiger partial charge is 0.160 e. The van der Waals surface area contributed by atoms with Gasteiger partial charge < -0.3 is 4.42 Å². The van der Waals surface area contributed by atoms with E-state index >= 15 is 0 Å². The first-order chi connectivity index (χ1) is 30.7. The number of furan rings is 1. The second-order valence-electron chi connectivity index (χ2n) is 16.4. The average Bonchev–Trinajstić information content (AvgIpc) is 3.84. The summed E-state index contributed by atoms with van der Waals surface area (Å²) < 4.78 is 6.23. The predicted octanol–water partition coefficient (Wildman–Crippen LogP) is 15.1. The maximum Gasteiger partial charge on any atom is 0.160 e. The first-order valence-electron chi connectivity index (χ1n) is 21.2. The standard InChI is InChI=1S/C59H36N2O/c1-2-14-37(15-3-1)38-26-28-39(29-27-38)54-36-55(61-58(60-54)41-31-33-57-49(35-41)47-21-9-13-25-56(47)62-57)40-30-32-53-48(34-40)43-17-5-4-16-42(43)44-18-6-10-22-50(44)59(53)51-23-11-7-19-45(51)46-20-8-12-24-52(46)59/h1-36H. The van der Waals surface area contributed by atoms with E-state index in [4.69, 9.17) is 14.4 Å². The van der Waals surface area contributed by atoms with E-state index in [9.17, 15) is 0 Å². The molecule has 3 nitrogen and oxygen atoms in total. The maximum absolute atomic E-state index is 6.23. The first kappa shape index (κ1) is 34.7. The highest BCUT2D eigenvalue weighted by Gasteiger charge is 2.49. The Kier molecular flexibility index (Phi) is 7.52. The molecular weight excluding hydrogens is 753 g/mol. The molecule has 0 radical (unpaired) electrons. The van der Waals surface area contributed by atoms with Crippen LogP contribution in [0.2, 0.25) is 0 Å². The highest BCUT2D eigenvalue weighted by Crippen LogP contribution is 2.61. The number of hydrogen-bond acceptors (Lipinski definition) is 3. The number of hydrogen-bond donors (Lipinski definition) is 0. The zero-order chi connectivity index (χ0) is 40.8. The summed E-state index contributed by atoms with van der Waals surface area (Å²) in [6.45, 7) is 0. The van der Waals surface area contributed by atoms with Gasteiger partial charge in [0, 0.05) is 27.5 Å². The molecule has 0 amide bonds. The van der Waals surface area contributed by atoms with E-state index in [1.54, 1.807) is 0 Å². The van der Waals surface area contributed by atoms with Gasteiger partial charge in [0.15, 0.2) is 5.82 Å². The molecule has 13 rings (SSSR count). The minimum absolute atomic E-state index is 0.540. The third kappa shape index (κ3) is 5.06. The van der Waals surface area contributed by atoms with Crippen molar-refractivity contribution in [2.45, 2.75) is 5.41 Å². The fraction of sp³-hybridized carbons (Fsp3) is 0.0169. The quantitative estimate of drug-likeness (QED) is 0.178. The van der Waals surface area contributed by atoms with Crippen LogP contribution in [0, 0.1) is 0 Å². The van der Waals surface area contributed by atoms with Crippen molar-refractivity contribution in [1.82, 2.24) is 9.97 Å². The van der Waals surface area contributed by atoms with Gasteiger partial charge in [0.25, 0.3) is 0 Å². The third-order valence-electron chi connectivity index (χ3n) is 13.2. The topological polar surface area (TPSA) is 38.9 Å². The van der Waals surface area contributed by atoms with Crippen molar-refractivity contribution in [2.24, 2.45) is 0 Å². The Morgan fingerprint density at radius 2 is 0.758 bits per heavy atom. The summed E-state index contributed by atoms with van der Waals surface area (Å²) in [5, 5.41) is 2.12. The largest absolute Gasteiger partial charge is 0.456 e. The summed E-state index contributed by atoms with van der Waals surface area (Å²) in [6.07, 6.45) is 0. The molecule has 0 N–H and O–H groups in total. The van der Waals surface area contributed by atoms with Gasteiger partial charge in [-0.25, -0.2) is 9.97 Å². The minimum atomic E-state index is -0.540. The number of fused-ring (bicyclic) bond motifs is 15. The number of nitrogens with zero attached hydrogens (tertiary/aromatic N) is 2. The van der Waals surface area contributed by atoms with Crippen LogP contribution in [0.4, 0.5) is 0 Å². The van der Waals surface area contributed by atoms with Gasteiger partial charge >= 0.3 is 0 Å². The van der Waals surface area contributed by atoms with Crippen LogP contribution >= 0.6 is 0 Å². The Balaban J connectivity index is 1.06. The van der Waals surface area contributed by atoms with Gasteiger partial charge in [0.1, 0.15) is 11.2 Å². The Bertz CT molecular complexity index is 3540. The molecule has 0 saturated heterocycles. The number of para-hydroxylation sites is 1. The molecule has 0 unspecified atom stereocenters. The maximum atomic E-state index is 6.23. The Labute approximate surface area is 359 Å². The fourth-order valence-corrected chi connectivity index (χ4v) is 10.4. The van der Waals surface area contributed by atoms with Crippen molar-refractivity contribution in [3.05, 3.63) is 241 Å². The summed E-state index contributed by atoms with van der Waals surface area (Å²) in [4.78, 5) is 10.7. The van der Waals surface area contributed by atoms with E-state index in [2.05, 4.69) is 200 Å². The summed E-state index contributed by atoms with van der Waals surface area (Å²) in [6, 6.07) is 78.8. The molecule has 3 heteroatoms. The van der Waals surface area contributed by atoms with Gasteiger partial charge in [-0.1, -0.05) is 182 Å². The van der Waals surface area contributed by atoms with Crippen LogP contribution < -0.4 is 0 Å². The Morgan fingerprint density at radius 3 is 1.45 bits per heavy atom. The molecule has 0 fully saturated rings. The molecular formula is C59H36N2O. The van der Waals surface area contributed by atoms with E-state index in [0.29, 0.717) is 5.82 Å². The van der Waals surface area contributed by atoms with Crippen molar-refractivity contribution in [2.75, 3.05) is 0 Å². The van der Waals surface area contributed by atoms with E-state index in [-0.39, 0.29) is 0 Å². The number of rotatable bonds is 4. The van der Waals surface area contributed by atoms with Crippen LogP contribution in [0.3, 0.4) is 0 Å². The zero-order valence-electron chi connectivity index (χ0n) is 33.6. The fourth-order valence-electron chi connectivity index (χ4n) is 10.4. The lowest BCUT2D eigenvalue weighted by Gasteiger charge is -2.35. The third-order valence-corrected chi connectivity index (χ3v) is 13.2. The summed E-state index contributed by atoms with van der Waals surface area (Å²) in [5.41, 5.74) is 20.8. The molecule has 0 aliphatic heterocycles. The molecule has 0 bridgehead atoms. The van der Waals surface area contributed by atoms with Crippen LogP contribution in [0.1, 0.15) is 22.3 Å². The van der Waals surface area contributed by atoms with E-state index in [1.165, 1.54) is 61.2 Å². The van der Waals surface area contributed by atoms with Gasteiger partial charge in [-0.3, -0.25) is 0 Å². The molecule has 288 valence electrons. The van der Waals surface area contributed by atoms with Crippen LogP contribution in [-0.2, 0) is 5.41 Å². The van der Waals surface area contributed by atoms with E-state index in [1.807, 2.05) is 18.2 Å². The van der Waals surface area contributed by atoms with Gasteiger partial charge in [-0.15, -0.1) is 0 Å². The van der Waals surface area contributed by atoms with Crippen molar-refractivity contribution >= 4 is 21.9 Å². The Hall–Kier alpha value is -8.14. The normalized spacial score (nSPS) is 13.0. The predicted molar refractivity (Wildman–Crippen MR) is 253 cm³/mol. The van der Waals surface area contributed by atoms with Gasteiger partial charge in [-0.2, -0.15) is 0 Å². The van der Waals surface area contributed by atoms with E-state index < -0.39 is 5.41 Å². The van der Waals surface area contributed by atoms with Crippen LogP contribution in [-0.4, -0.2) is 9.97 Å². The zero-order valence-corrected chi connectivity index (χ0v) is 33.6. The van der Waals surface area contributed by atoms with Gasteiger partial charge in [0.2, 0.25) is 0 Å². The molecule has 0 saturated carbocycles. The van der Waals surface area contributed by atoms with Crippen molar-refractivity contribution in [3.63, 3.8) is 0 Å². The second kappa shape index (κ2) is 13.4. The van der Waals surface area contributed by atoms with Crippen molar-refractivity contribution in [1.29, 1.82) is 0 Å². The summed E-state index contributed by atoms with van der Waals surface area (Å²) in [7, 11) is 0. The lowest BCUT2D eigenvalue weighted by atomic mass is 9.66. The number of aromatic nitrogens is 2. The van der Waals surface area contributed by atoms with Gasteiger partial charge in [-0.05, 0) is 103 Å². The van der Waals surface area contributed by atoms with Crippen molar-refractivity contribution in [3.8, 4) is 78.4 Å².